The summed E-state index contributed by atoms with van der Waals surface area (Å²) in [6.07, 6.45) is 0. The normalized spacial score (nSPS) is 10.4. The van der Waals surface area contributed by atoms with E-state index in [9.17, 15) is 9.59 Å². The lowest BCUT2D eigenvalue weighted by molar-refractivity contribution is -0.113. The van der Waals surface area contributed by atoms with Crippen LogP contribution in [0, 0.1) is 0 Å². The highest BCUT2D eigenvalue weighted by Gasteiger charge is 2.11. The van der Waals surface area contributed by atoms with Crippen LogP contribution in [0.4, 0.5) is 11.4 Å². The van der Waals surface area contributed by atoms with Crippen LogP contribution >= 0.6 is 35.0 Å². The second kappa shape index (κ2) is 10.4. The first-order chi connectivity index (χ1) is 14.4. The Labute approximate surface area is 188 Å². The van der Waals surface area contributed by atoms with Crippen LogP contribution in [0.15, 0.2) is 71.6 Å². The molecule has 30 heavy (non-hydrogen) atoms. The highest BCUT2D eigenvalue weighted by Crippen LogP contribution is 2.24. The highest BCUT2D eigenvalue weighted by molar-refractivity contribution is 8.00. The van der Waals surface area contributed by atoms with Crippen molar-refractivity contribution >= 4 is 58.2 Å². The molecule has 2 N–H and O–H groups in total. The van der Waals surface area contributed by atoms with Crippen molar-refractivity contribution in [3.05, 3.63) is 82.3 Å². The predicted octanol–water partition coefficient (Wildman–Crippen LogP) is 5.99. The summed E-state index contributed by atoms with van der Waals surface area (Å²) < 4.78 is 5.14. The zero-order valence-electron chi connectivity index (χ0n) is 15.9. The van der Waals surface area contributed by atoms with Crippen LogP contribution in [-0.2, 0) is 4.79 Å². The summed E-state index contributed by atoms with van der Waals surface area (Å²) in [5.74, 6) is 0.485. The van der Waals surface area contributed by atoms with Crippen molar-refractivity contribution in [2.45, 2.75) is 4.90 Å². The number of rotatable bonds is 7. The number of amides is 2. The molecule has 0 spiro atoms. The van der Waals surface area contributed by atoms with Crippen LogP contribution in [0.2, 0.25) is 10.0 Å². The van der Waals surface area contributed by atoms with Crippen molar-refractivity contribution in [3.63, 3.8) is 0 Å². The summed E-state index contributed by atoms with van der Waals surface area (Å²) in [5, 5.41) is 6.37. The average molecular weight is 461 g/mol. The third-order valence-electron chi connectivity index (χ3n) is 4.01. The number of carbonyl (C=O) groups is 2. The lowest BCUT2D eigenvalue weighted by atomic mass is 10.2. The summed E-state index contributed by atoms with van der Waals surface area (Å²) in [4.78, 5) is 25.4. The van der Waals surface area contributed by atoms with Gasteiger partial charge < -0.3 is 15.4 Å². The third kappa shape index (κ3) is 6.16. The van der Waals surface area contributed by atoms with Crippen molar-refractivity contribution in [1.29, 1.82) is 0 Å². The first-order valence-electron chi connectivity index (χ1n) is 8.88. The largest absolute Gasteiger partial charge is 0.497 e. The average Bonchev–Trinajstić information content (AvgIpc) is 2.73. The van der Waals surface area contributed by atoms with E-state index in [2.05, 4.69) is 10.6 Å². The molecule has 0 aliphatic heterocycles. The molecule has 0 aromatic heterocycles. The SMILES string of the molecule is COc1cccc(NC(=O)CSc2ccc(NC(=O)c3ccc(Cl)cc3Cl)cc2)c1. The van der Waals surface area contributed by atoms with E-state index < -0.39 is 0 Å². The van der Waals surface area contributed by atoms with Gasteiger partial charge in [-0.3, -0.25) is 9.59 Å². The molecule has 8 heteroatoms. The molecule has 0 radical (unpaired) electrons. The number of nitrogens with one attached hydrogen (secondary N) is 2. The number of carbonyl (C=O) groups excluding carboxylic acids is 2. The lowest BCUT2D eigenvalue weighted by Crippen LogP contribution is -2.14. The minimum Gasteiger partial charge on any atom is -0.497 e. The van der Waals surface area contributed by atoms with Crippen LogP contribution in [-0.4, -0.2) is 24.7 Å². The molecule has 154 valence electrons. The Morgan fingerprint density at radius 3 is 2.40 bits per heavy atom. The van der Waals surface area contributed by atoms with Crippen molar-refractivity contribution in [2.75, 3.05) is 23.5 Å². The zero-order chi connectivity index (χ0) is 21.5. The van der Waals surface area contributed by atoms with Crippen LogP contribution in [0.5, 0.6) is 5.75 Å². The molecule has 2 amide bonds. The van der Waals surface area contributed by atoms with Gasteiger partial charge in [0.05, 0.1) is 23.4 Å². The molecular formula is C22H18Cl2N2O3S. The Kier molecular flexibility index (Phi) is 7.63. The molecule has 0 saturated heterocycles. The standard InChI is InChI=1S/C22H18Cl2N2O3S/c1-29-17-4-2-3-16(12-17)25-21(27)13-30-18-8-6-15(7-9-18)26-22(28)19-10-5-14(23)11-20(19)24/h2-12H,13H2,1H3,(H,25,27)(H,26,28). The number of hydrogen-bond acceptors (Lipinski definition) is 4. The fourth-order valence-corrected chi connectivity index (χ4v) is 3.75. The van der Waals surface area contributed by atoms with Gasteiger partial charge in [-0.25, -0.2) is 0 Å². The smallest absolute Gasteiger partial charge is 0.257 e. The quantitative estimate of drug-likeness (QED) is 0.425. The van der Waals surface area contributed by atoms with Gasteiger partial charge in [0.2, 0.25) is 5.91 Å². The molecule has 0 bridgehead atoms. The van der Waals surface area contributed by atoms with E-state index >= 15 is 0 Å². The number of methoxy groups -OCH3 is 1. The molecule has 0 unspecified atom stereocenters. The first kappa shape index (κ1) is 22.0. The molecule has 0 atom stereocenters. The Balaban J connectivity index is 1.52. The Morgan fingerprint density at radius 1 is 0.933 bits per heavy atom. The van der Waals surface area contributed by atoms with E-state index in [1.165, 1.54) is 17.8 Å². The maximum atomic E-state index is 12.4. The van der Waals surface area contributed by atoms with Crippen LogP contribution in [0.25, 0.3) is 0 Å². The van der Waals surface area contributed by atoms with Crippen molar-refractivity contribution in [1.82, 2.24) is 0 Å². The van der Waals surface area contributed by atoms with Crippen LogP contribution < -0.4 is 15.4 Å². The molecule has 0 heterocycles. The molecule has 3 aromatic rings. The predicted molar refractivity (Wildman–Crippen MR) is 123 cm³/mol. The van der Waals surface area contributed by atoms with Gasteiger partial charge in [0.1, 0.15) is 5.75 Å². The second-order valence-electron chi connectivity index (χ2n) is 6.17. The Bertz CT molecular complexity index is 1060. The molecule has 3 rings (SSSR count). The van der Waals surface area contributed by atoms with Crippen molar-refractivity contribution in [2.24, 2.45) is 0 Å². The first-order valence-corrected chi connectivity index (χ1v) is 10.6. The topological polar surface area (TPSA) is 67.4 Å². The molecule has 5 nitrogen and oxygen atoms in total. The van der Waals surface area contributed by atoms with E-state index in [1.807, 2.05) is 24.3 Å². The zero-order valence-corrected chi connectivity index (χ0v) is 18.3. The Hall–Kier alpha value is -2.67. The van der Waals surface area contributed by atoms with Gasteiger partial charge in [0.15, 0.2) is 0 Å². The molecule has 0 saturated carbocycles. The van der Waals surface area contributed by atoms with Gasteiger partial charge in [-0.2, -0.15) is 0 Å². The van der Waals surface area contributed by atoms with Gasteiger partial charge in [-0.1, -0.05) is 29.3 Å². The summed E-state index contributed by atoms with van der Waals surface area (Å²) in [6, 6.07) is 19.1. The van der Waals surface area contributed by atoms with Gasteiger partial charge in [-0.15, -0.1) is 11.8 Å². The van der Waals surface area contributed by atoms with E-state index in [0.29, 0.717) is 27.7 Å². The van der Waals surface area contributed by atoms with Crippen molar-refractivity contribution in [3.8, 4) is 5.75 Å². The minimum atomic E-state index is -0.324. The van der Waals surface area contributed by atoms with E-state index in [-0.39, 0.29) is 22.6 Å². The fraction of sp³-hybridized carbons (Fsp3) is 0.0909. The van der Waals surface area contributed by atoms with E-state index in [1.54, 1.807) is 43.5 Å². The summed E-state index contributed by atoms with van der Waals surface area (Å²) >= 11 is 13.3. The molecule has 3 aromatic carbocycles. The minimum absolute atomic E-state index is 0.122. The van der Waals surface area contributed by atoms with Gasteiger partial charge >= 0.3 is 0 Å². The number of hydrogen-bond donors (Lipinski definition) is 2. The van der Waals surface area contributed by atoms with Crippen LogP contribution in [0.1, 0.15) is 10.4 Å². The number of ether oxygens (including phenoxy) is 1. The number of anilines is 2. The summed E-state index contributed by atoms with van der Waals surface area (Å²) in [6.45, 7) is 0. The molecule has 0 aliphatic rings. The van der Waals surface area contributed by atoms with E-state index in [4.69, 9.17) is 27.9 Å². The highest BCUT2D eigenvalue weighted by atomic mass is 35.5. The van der Waals surface area contributed by atoms with Gasteiger partial charge in [0.25, 0.3) is 5.91 Å². The van der Waals surface area contributed by atoms with Gasteiger partial charge in [-0.05, 0) is 54.6 Å². The fourth-order valence-electron chi connectivity index (χ4n) is 2.55. The number of thioether (sulfide) groups is 1. The molecule has 0 aliphatic carbocycles. The lowest BCUT2D eigenvalue weighted by Gasteiger charge is -2.09. The second-order valence-corrected chi connectivity index (χ2v) is 8.06. The maximum absolute atomic E-state index is 12.4. The summed E-state index contributed by atoms with van der Waals surface area (Å²) in [5.41, 5.74) is 1.64. The van der Waals surface area contributed by atoms with E-state index in [0.717, 1.165) is 4.90 Å². The number of halogens is 2. The van der Waals surface area contributed by atoms with Crippen LogP contribution in [0.3, 0.4) is 0 Å². The number of benzene rings is 3. The third-order valence-corrected chi connectivity index (χ3v) is 5.57. The van der Waals surface area contributed by atoms with Gasteiger partial charge in [0, 0.05) is 27.4 Å². The Morgan fingerprint density at radius 2 is 1.70 bits per heavy atom. The summed E-state index contributed by atoms with van der Waals surface area (Å²) in [7, 11) is 1.58. The maximum Gasteiger partial charge on any atom is 0.257 e. The molecule has 0 fully saturated rings. The van der Waals surface area contributed by atoms with Crippen molar-refractivity contribution < 1.29 is 14.3 Å². The molecular weight excluding hydrogens is 443 g/mol. The monoisotopic (exact) mass is 460 g/mol.